The van der Waals surface area contributed by atoms with Gasteiger partial charge in [0.2, 0.25) is 0 Å². The van der Waals surface area contributed by atoms with Crippen molar-refractivity contribution in [2.45, 2.75) is 26.2 Å². The van der Waals surface area contributed by atoms with E-state index < -0.39 is 0 Å². The van der Waals surface area contributed by atoms with Crippen LogP contribution in [0.15, 0.2) is 46.3 Å². The van der Waals surface area contributed by atoms with Gasteiger partial charge in [-0.25, -0.2) is 0 Å². The van der Waals surface area contributed by atoms with Gasteiger partial charge in [-0.05, 0) is 51.8 Å². The molecule has 1 nitrogen and oxygen atoms in total. The minimum atomic E-state index is 0.532. The molecule has 1 heterocycles. The Morgan fingerprint density at radius 2 is 1.85 bits per heavy atom. The molecule has 3 heteroatoms. The van der Waals surface area contributed by atoms with Gasteiger partial charge < -0.3 is 5.32 Å². The monoisotopic (exact) mass is 351 g/mol. The summed E-state index contributed by atoms with van der Waals surface area (Å²) in [7, 11) is 0. The van der Waals surface area contributed by atoms with Crippen LogP contribution in [0.4, 0.5) is 0 Å². The Bertz CT molecular complexity index is 507. The quantitative estimate of drug-likeness (QED) is 0.733. The molecular weight excluding hydrogens is 330 g/mol. The fourth-order valence-electron chi connectivity index (χ4n) is 2.27. The van der Waals surface area contributed by atoms with Crippen molar-refractivity contribution < 1.29 is 0 Å². The molecule has 1 aromatic heterocycles. The maximum absolute atomic E-state index is 3.65. The Labute approximate surface area is 134 Å². The van der Waals surface area contributed by atoms with Crippen molar-refractivity contribution in [1.82, 2.24) is 5.32 Å². The van der Waals surface area contributed by atoms with Crippen LogP contribution in [0.2, 0.25) is 0 Å². The van der Waals surface area contributed by atoms with Crippen LogP contribution in [-0.4, -0.2) is 13.1 Å². The summed E-state index contributed by atoms with van der Waals surface area (Å²) >= 11 is 5.49. The first-order chi connectivity index (χ1) is 9.66. The van der Waals surface area contributed by atoms with Crippen molar-refractivity contribution in [1.29, 1.82) is 0 Å². The highest BCUT2D eigenvalue weighted by molar-refractivity contribution is 9.10. The first kappa shape index (κ1) is 15.7. The largest absolute Gasteiger partial charge is 0.316 e. The van der Waals surface area contributed by atoms with Gasteiger partial charge in [-0.2, -0.15) is 0 Å². The predicted molar refractivity (Wildman–Crippen MR) is 92.6 cm³/mol. The van der Waals surface area contributed by atoms with E-state index in [0.717, 1.165) is 19.5 Å². The Morgan fingerprint density at radius 3 is 2.45 bits per heavy atom. The number of nitrogens with one attached hydrogen (secondary N) is 1. The van der Waals surface area contributed by atoms with Crippen molar-refractivity contribution >= 4 is 27.3 Å². The molecule has 0 bridgehead atoms. The molecule has 1 N–H and O–H groups in total. The lowest BCUT2D eigenvalue weighted by atomic mass is 9.95. The summed E-state index contributed by atoms with van der Waals surface area (Å²) in [5.74, 6) is 1.23. The highest BCUT2D eigenvalue weighted by atomic mass is 79.9. The summed E-state index contributed by atoms with van der Waals surface area (Å²) in [4.78, 5) is 1.44. The van der Waals surface area contributed by atoms with Gasteiger partial charge in [0.05, 0.1) is 0 Å². The molecule has 2 rings (SSSR count). The standard InChI is InChI=1S/C17H22BrNS/c1-13(2)11-19-12-15(14-6-4-3-5-7-14)10-17-16(18)8-9-20-17/h3-9,13,15,19H,10-12H2,1-2H3. The van der Waals surface area contributed by atoms with Crippen LogP contribution >= 0.6 is 27.3 Å². The lowest BCUT2D eigenvalue weighted by molar-refractivity contribution is 0.515. The summed E-state index contributed by atoms with van der Waals surface area (Å²) < 4.78 is 1.24. The van der Waals surface area contributed by atoms with E-state index in [1.807, 2.05) is 11.3 Å². The third-order valence-corrected chi connectivity index (χ3v) is 5.29. The molecule has 0 aliphatic heterocycles. The van der Waals surface area contributed by atoms with E-state index in [1.54, 1.807) is 0 Å². The number of benzene rings is 1. The number of hydrogen-bond donors (Lipinski definition) is 1. The summed E-state index contributed by atoms with van der Waals surface area (Å²) in [5, 5.41) is 5.76. The van der Waals surface area contributed by atoms with Crippen molar-refractivity contribution in [3.63, 3.8) is 0 Å². The predicted octanol–water partition coefficient (Wildman–Crippen LogP) is 5.08. The Kier molecular flexibility index (Phi) is 6.27. The molecule has 0 amide bonds. The molecular formula is C17H22BrNS. The zero-order valence-electron chi connectivity index (χ0n) is 12.1. The van der Waals surface area contributed by atoms with E-state index in [4.69, 9.17) is 0 Å². The van der Waals surface area contributed by atoms with Crippen LogP contribution in [0, 0.1) is 5.92 Å². The Balaban J connectivity index is 2.06. The van der Waals surface area contributed by atoms with Gasteiger partial charge in [0.1, 0.15) is 0 Å². The zero-order valence-corrected chi connectivity index (χ0v) is 14.5. The minimum absolute atomic E-state index is 0.532. The minimum Gasteiger partial charge on any atom is -0.316 e. The van der Waals surface area contributed by atoms with Crippen LogP contribution in [0.3, 0.4) is 0 Å². The zero-order chi connectivity index (χ0) is 14.4. The lowest BCUT2D eigenvalue weighted by Crippen LogP contribution is -2.26. The first-order valence-corrected chi connectivity index (χ1v) is 8.81. The summed E-state index contributed by atoms with van der Waals surface area (Å²) in [5.41, 5.74) is 1.42. The van der Waals surface area contributed by atoms with Crippen LogP contribution in [0.5, 0.6) is 0 Å². The van der Waals surface area contributed by atoms with Crippen molar-refractivity contribution in [2.75, 3.05) is 13.1 Å². The summed E-state index contributed by atoms with van der Waals surface area (Å²) in [6.07, 6.45) is 1.09. The average molecular weight is 352 g/mol. The van der Waals surface area contributed by atoms with E-state index in [2.05, 4.69) is 76.9 Å². The molecule has 0 spiro atoms. The van der Waals surface area contributed by atoms with Gasteiger partial charge in [-0.1, -0.05) is 44.2 Å². The average Bonchev–Trinajstić information content (AvgIpc) is 2.84. The summed E-state index contributed by atoms with van der Waals surface area (Å²) in [6.45, 7) is 6.61. The number of halogens is 1. The third kappa shape index (κ3) is 4.72. The van der Waals surface area contributed by atoms with Crippen LogP contribution < -0.4 is 5.32 Å². The molecule has 0 radical (unpaired) electrons. The second kappa shape index (κ2) is 7.96. The highest BCUT2D eigenvalue weighted by Crippen LogP contribution is 2.29. The molecule has 0 saturated carbocycles. The van der Waals surface area contributed by atoms with Crippen LogP contribution in [-0.2, 0) is 6.42 Å². The fraction of sp³-hybridized carbons (Fsp3) is 0.412. The maximum Gasteiger partial charge on any atom is 0.0314 e. The Morgan fingerprint density at radius 1 is 1.10 bits per heavy atom. The molecule has 2 aromatic rings. The molecule has 20 heavy (non-hydrogen) atoms. The summed E-state index contributed by atoms with van der Waals surface area (Å²) in [6, 6.07) is 13.0. The fourth-order valence-corrected chi connectivity index (χ4v) is 3.87. The van der Waals surface area contributed by atoms with Crippen LogP contribution in [0.25, 0.3) is 0 Å². The number of thiophene rings is 1. The van der Waals surface area contributed by atoms with Crippen molar-refractivity contribution in [2.24, 2.45) is 5.92 Å². The first-order valence-electron chi connectivity index (χ1n) is 7.14. The van der Waals surface area contributed by atoms with Crippen molar-refractivity contribution in [3.05, 3.63) is 56.7 Å². The maximum atomic E-state index is 3.65. The van der Waals surface area contributed by atoms with Crippen molar-refractivity contribution in [3.8, 4) is 0 Å². The Hall–Kier alpha value is -0.640. The van der Waals surface area contributed by atoms with Gasteiger partial charge >= 0.3 is 0 Å². The second-order valence-corrected chi connectivity index (χ2v) is 7.41. The molecule has 0 aliphatic rings. The second-order valence-electron chi connectivity index (χ2n) is 5.56. The number of rotatable bonds is 7. The third-order valence-electron chi connectivity index (χ3n) is 3.34. The molecule has 0 saturated heterocycles. The van der Waals surface area contributed by atoms with Gasteiger partial charge in [-0.3, -0.25) is 0 Å². The van der Waals surface area contributed by atoms with Gasteiger partial charge in [-0.15, -0.1) is 11.3 Å². The van der Waals surface area contributed by atoms with Crippen LogP contribution in [0.1, 0.15) is 30.2 Å². The molecule has 1 aromatic carbocycles. The van der Waals surface area contributed by atoms with E-state index in [9.17, 15) is 0 Å². The van der Waals surface area contributed by atoms with E-state index in [0.29, 0.717) is 11.8 Å². The highest BCUT2D eigenvalue weighted by Gasteiger charge is 2.14. The van der Waals surface area contributed by atoms with E-state index in [-0.39, 0.29) is 0 Å². The molecule has 1 atom stereocenters. The SMILES string of the molecule is CC(C)CNCC(Cc1sccc1Br)c1ccccc1. The molecule has 1 unspecified atom stereocenters. The van der Waals surface area contributed by atoms with Gasteiger partial charge in [0, 0.05) is 21.8 Å². The van der Waals surface area contributed by atoms with E-state index >= 15 is 0 Å². The van der Waals surface area contributed by atoms with Gasteiger partial charge in [0.15, 0.2) is 0 Å². The molecule has 0 aliphatic carbocycles. The topological polar surface area (TPSA) is 12.0 Å². The molecule has 0 fully saturated rings. The molecule has 108 valence electrons. The van der Waals surface area contributed by atoms with Gasteiger partial charge in [0.25, 0.3) is 0 Å². The lowest BCUT2D eigenvalue weighted by Gasteiger charge is -2.19. The number of hydrogen-bond acceptors (Lipinski definition) is 2. The van der Waals surface area contributed by atoms with E-state index in [1.165, 1.54) is 14.9 Å². The normalized spacial score (nSPS) is 12.8. The smallest absolute Gasteiger partial charge is 0.0314 e.